The van der Waals surface area contributed by atoms with Crippen LogP contribution in [0.3, 0.4) is 0 Å². The van der Waals surface area contributed by atoms with E-state index in [0.717, 1.165) is 17.7 Å². The van der Waals surface area contributed by atoms with Crippen LogP contribution in [0.25, 0.3) is 0 Å². The van der Waals surface area contributed by atoms with Crippen LogP contribution in [0.15, 0.2) is 35.2 Å². The van der Waals surface area contributed by atoms with Gasteiger partial charge in [-0.15, -0.1) is 0 Å². The molecule has 0 bridgehead atoms. The smallest absolute Gasteiger partial charge is 0.262 e. The molecule has 4 nitrogen and oxygen atoms in total. The van der Waals surface area contributed by atoms with E-state index in [9.17, 15) is 17.2 Å². The molecule has 0 spiro atoms. The Morgan fingerprint density at radius 2 is 1.76 bits per heavy atom. The number of sulfonamides is 1. The van der Waals surface area contributed by atoms with E-state index in [1.54, 1.807) is 26.0 Å². The van der Waals surface area contributed by atoms with Gasteiger partial charge >= 0.3 is 0 Å². The zero-order chi connectivity index (χ0) is 15.8. The molecule has 2 aromatic carbocycles. The third-order valence-corrected chi connectivity index (χ3v) is 4.49. The largest absolute Gasteiger partial charge is 0.397 e. The van der Waals surface area contributed by atoms with Gasteiger partial charge in [0.2, 0.25) is 0 Å². The number of halogens is 2. The molecule has 0 atom stereocenters. The zero-order valence-electron chi connectivity index (χ0n) is 11.4. The molecule has 0 radical (unpaired) electrons. The average molecular weight is 312 g/mol. The second kappa shape index (κ2) is 5.33. The van der Waals surface area contributed by atoms with Gasteiger partial charge in [0.05, 0.1) is 10.6 Å². The summed E-state index contributed by atoms with van der Waals surface area (Å²) in [6, 6.07) is 6.77. The maximum Gasteiger partial charge on any atom is 0.262 e. The van der Waals surface area contributed by atoms with Crippen LogP contribution in [0.4, 0.5) is 20.2 Å². The summed E-state index contributed by atoms with van der Waals surface area (Å²) in [6.07, 6.45) is 0. The fraction of sp³-hybridized carbons (Fsp3) is 0.143. The van der Waals surface area contributed by atoms with Gasteiger partial charge in [-0.25, -0.2) is 17.2 Å². The van der Waals surface area contributed by atoms with Gasteiger partial charge in [0.15, 0.2) is 11.6 Å². The van der Waals surface area contributed by atoms with Crippen LogP contribution < -0.4 is 10.5 Å². The Morgan fingerprint density at radius 1 is 1.10 bits per heavy atom. The van der Waals surface area contributed by atoms with Crippen LogP contribution in [0.2, 0.25) is 0 Å². The molecular formula is C14H14F2N2O2S. The lowest BCUT2D eigenvalue weighted by atomic mass is 10.2. The SMILES string of the molecule is Cc1ccc(C)c(S(=O)(=O)Nc2c(N)ccc(F)c2F)c1. The summed E-state index contributed by atoms with van der Waals surface area (Å²) in [7, 11) is -4.06. The molecule has 0 saturated heterocycles. The van der Waals surface area contributed by atoms with E-state index in [-0.39, 0.29) is 10.6 Å². The molecule has 3 N–H and O–H groups in total. The molecule has 7 heteroatoms. The van der Waals surface area contributed by atoms with E-state index in [1.165, 1.54) is 6.07 Å². The number of nitrogens with two attached hydrogens (primary N) is 1. The predicted molar refractivity (Wildman–Crippen MR) is 77.5 cm³/mol. The molecule has 0 amide bonds. The minimum atomic E-state index is -4.06. The Labute approximate surface area is 121 Å². The van der Waals surface area contributed by atoms with E-state index in [1.807, 2.05) is 4.72 Å². The van der Waals surface area contributed by atoms with Crippen LogP contribution >= 0.6 is 0 Å². The Bertz CT molecular complexity index is 805. The minimum absolute atomic E-state index is 0.00874. The van der Waals surface area contributed by atoms with Crippen molar-refractivity contribution in [3.8, 4) is 0 Å². The van der Waals surface area contributed by atoms with E-state index in [2.05, 4.69) is 0 Å². The summed E-state index contributed by atoms with van der Waals surface area (Å²) in [4.78, 5) is -0.00874. The molecule has 0 aliphatic heterocycles. The van der Waals surface area contributed by atoms with Crippen LogP contribution in [0.5, 0.6) is 0 Å². The fourth-order valence-corrected chi connectivity index (χ4v) is 3.27. The summed E-state index contributed by atoms with van der Waals surface area (Å²) < 4.78 is 53.6. The average Bonchev–Trinajstić information content (AvgIpc) is 2.42. The molecule has 0 fully saturated rings. The van der Waals surface area contributed by atoms with E-state index in [4.69, 9.17) is 5.73 Å². The summed E-state index contributed by atoms with van der Waals surface area (Å²) in [6.45, 7) is 3.34. The van der Waals surface area contributed by atoms with Gasteiger partial charge in [-0.05, 0) is 43.2 Å². The molecule has 0 aliphatic rings. The first-order valence-electron chi connectivity index (χ1n) is 6.06. The molecule has 21 heavy (non-hydrogen) atoms. The Morgan fingerprint density at radius 3 is 2.43 bits per heavy atom. The standard InChI is InChI=1S/C14H14F2N2O2S/c1-8-3-4-9(2)12(7-8)21(19,20)18-14-11(17)6-5-10(15)13(14)16/h3-7,18H,17H2,1-2H3. The van der Waals surface area contributed by atoms with Crippen molar-refractivity contribution >= 4 is 21.4 Å². The Kier molecular flexibility index (Phi) is 3.87. The normalized spacial score (nSPS) is 11.4. The molecule has 0 saturated carbocycles. The van der Waals surface area contributed by atoms with Crippen molar-refractivity contribution in [3.05, 3.63) is 53.1 Å². The van der Waals surface area contributed by atoms with Gasteiger partial charge in [0.25, 0.3) is 10.0 Å². The number of aryl methyl sites for hydroxylation is 2. The van der Waals surface area contributed by atoms with Gasteiger partial charge in [-0.3, -0.25) is 4.72 Å². The zero-order valence-corrected chi connectivity index (χ0v) is 12.3. The van der Waals surface area contributed by atoms with E-state index >= 15 is 0 Å². The van der Waals surface area contributed by atoms with Crippen LogP contribution in [0, 0.1) is 25.5 Å². The van der Waals surface area contributed by atoms with Gasteiger partial charge in [0.1, 0.15) is 5.69 Å². The van der Waals surface area contributed by atoms with E-state index in [0.29, 0.717) is 5.56 Å². The Balaban J connectivity index is 2.53. The lowest BCUT2D eigenvalue weighted by molar-refractivity contribution is 0.512. The Hall–Kier alpha value is -2.15. The summed E-state index contributed by atoms with van der Waals surface area (Å²) in [5.74, 6) is -2.51. The second-order valence-electron chi connectivity index (χ2n) is 4.70. The van der Waals surface area contributed by atoms with Crippen molar-refractivity contribution in [2.24, 2.45) is 0 Å². The maximum absolute atomic E-state index is 13.7. The highest BCUT2D eigenvalue weighted by Crippen LogP contribution is 2.28. The minimum Gasteiger partial charge on any atom is -0.397 e. The third kappa shape index (κ3) is 2.97. The fourth-order valence-electron chi connectivity index (χ4n) is 1.86. The highest BCUT2D eigenvalue weighted by molar-refractivity contribution is 7.92. The topological polar surface area (TPSA) is 72.2 Å². The summed E-state index contributed by atoms with van der Waals surface area (Å²) >= 11 is 0. The quantitative estimate of drug-likeness (QED) is 0.856. The number of nitrogen functional groups attached to an aromatic ring is 1. The van der Waals surface area contributed by atoms with Crippen LogP contribution in [0.1, 0.15) is 11.1 Å². The van der Waals surface area contributed by atoms with Crippen molar-refractivity contribution in [3.63, 3.8) is 0 Å². The first-order chi connectivity index (χ1) is 9.72. The number of benzene rings is 2. The predicted octanol–water partition coefficient (Wildman–Crippen LogP) is 2.96. The molecular weight excluding hydrogens is 298 g/mol. The van der Waals surface area contributed by atoms with Gasteiger partial charge in [0, 0.05) is 0 Å². The number of hydrogen-bond donors (Lipinski definition) is 2. The molecule has 0 aliphatic carbocycles. The van der Waals surface area contributed by atoms with Crippen molar-refractivity contribution < 1.29 is 17.2 Å². The molecule has 0 heterocycles. The second-order valence-corrected chi connectivity index (χ2v) is 6.35. The first kappa shape index (κ1) is 15.2. The molecule has 0 unspecified atom stereocenters. The lowest BCUT2D eigenvalue weighted by Crippen LogP contribution is -2.17. The third-order valence-electron chi connectivity index (χ3n) is 3.00. The first-order valence-corrected chi connectivity index (χ1v) is 7.54. The summed E-state index contributed by atoms with van der Waals surface area (Å²) in [5.41, 5.74) is 5.95. The number of nitrogens with one attached hydrogen (secondary N) is 1. The van der Waals surface area contributed by atoms with Crippen molar-refractivity contribution in [1.82, 2.24) is 0 Å². The highest BCUT2D eigenvalue weighted by Gasteiger charge is 2.21. The molecule has 112 valence electrons. The molecule has 0 aromatic heterocycles. The van der Waals surface area contributed by atoms with Crippen molar-refractivity contribution in [1.29, 1.82) is 0 Å². The van der Waals surface area contributed by atoms with Crippen molar-refractivity contribution in [2.75, 3.05) is 10.5 Å². The highest BCUT2D eigenvalue weighted by atomic mass is 32.2. The van der Waals surface area contributed by atoms with Crippen LogP contribution in [-0.2, 0) is 10.0 Å². The number of anilines is 2. The van der Waals surface area contributed by atoms with Crippen LogP contribution in [-0.4, -0.2) is 8.42 Å². The van der Waals surface area contributed by atoms with Gasteiger partial charge < -0.3 is 5.73 Å². The number of hydrogen-bond acceptors (Lipinski definition) is 3. The van der Waals surface area contributed by atoms with Crippen molar-refractivity contribution in [2.45, 2.75) is 18.7 Å². The summed E-state index contributed by atoms with van der Waals surface area (Å²) in [5, 5.41) is 0. The maximum atomic E-state index is 13.7. The monoisotopic (exact) mass is 312 g/mol. The van der Waals surface area contributed by atoms with Gasteiger partial charge in [-0.1, -0.05) is 12.1 Å². The number of rotatable bonds is 3. The molecule has 2 rings (SSSR count). The lowest BCUT2D eigenvalue weighted by Gasteiger charge is -2.13. The molecule has 2 aromatic rings. The van der Waals surface area contributed by atoms with Gasteiger partial charge in [-0.2, -0.15) is 0 Å². The van der Waals surface area contributed by atoms with E-state index < -0.39 is 27.3 Å².